The first-order valence-electron chi connectivity index (χ1n) is 6.12. The van der Waals surface area contributed by atoms with Crippen molar-refractivity contribution < 1.29 is 14.3 Å². The molecule has 1 heterocycles. The van der Waals surface area contributed by atoms with E-state index in [1.54, 1.807) is 0 Å². The second kappa shape index (κ2) is 6.86. The van der Waals surface area contributed by atoms with E-state index in [9.17, 15) is 4.79 Å². The molecule has 1 N–H and O–H groups in total. The summed E-state index contributed by atoms with van der Waals surface area (Å²) in [6, 6.07) is 0.148. The Balaban J connectivity index is 2.33. The first-order valence-corrected chi connectivity index (χ1v) is 6.12. The van der Waals surface area contributed by atoms with Crippen LogP contribution in [0.4, 0.5) is 0 Å². The standard InChI is InChI=1S/C12H23NO3/c1-4-5-11-8-10(6-7-16-11)13-9(2)12(14)15-3/h9-11,13H,4-8H2,1-3H3. The van der Waals surface area contributed by atoms with Gasteiger partial charge in [-0.05, 0) is 26.2 Å². The molecule has 0 spiro atoms. The van der Waals surface area contributed by atoms with Crippen LogP contribution in [0.1, 0.15) is 39.5 Å². The predicted molar refractivity (Wildman–Crippen MR) is 62.3 cm³/mol. The van der Waals surface area contributed by atoms with Crippen molar-refractivity contribution in [2.24, 2.45) is 0 Å². The predicted octanol–water partition coefficient (Wildman–Crippen LogP) is 1.49. The number of carbonyl (C=O) groups is 1. The van der Waals surface area contributed by atoms with Crippen molar-refractivity contribution in [1.82, 2.24) is 5.32 Å². The highest BCUT2D eigenvalue weighted by atomic mass is 16.5. The molecule has 0 amide bonds. The number of hydrogen-bond donors (Lipinski definition) is 1. The van der Waals surface area contributed by atoms with Crippen LogP contribution in [0.15, 0.2) is 0 Å². The molecule has 94 valence electrons. The zero-order valence-corrected chi connectivity index (χ0v) is 10.5. The minimum absolute atomic E-state index is 0.196. The van der Waals surface area contributed by atoms with Crippen molar-refractivity contribution in [3.63, 3.8) is 0 Å². The molecule has 0 aromatic carbocycles. The van der Waals surface area contributed by atoms with Crippen LogP contribution < -0.4 is 5.32 Å². The van der Waals surface area contributed by atoms with Gasteiger partial charge in [-0.2, -0.15) is 0 Å². The fraction of sp³-hybridized carbons (Fsp3) is 0.917. The molecule has 0 bridgehead atoms. The van der Waals surface area contributed by atoms with Gasteiger partial charge < -0.3 is 14.8 Å². The molecule has 1 aliphatic heterocycles. The highest BCUT2D eigenvalue weighted by Crippen LogP contribution is 2.18. The molecule has 3 atom stereocenters. The Kier molecular flexibility index (Phi) is 5.77. The summed E-state index contributed by atoms with van der Waals surface area (Å²) < 4.78 is 10.4. The zero-order chi connectivity index (χ0) is 12.0. The second-order valence-electron chi connectivity index (χ2n) is 4.41. The summed E-state index contributed by atoms with van der Waals surface area (Å²) in [7, 11) is 1.42. The number of methoxy groups -OCH3 is 1. The van der Waals surface area contributed by atoms with Crippen molar-refractivity contribution in [2.75, 3.05) is 13.7 Å². The molecule has 3 unspecified atom stereocenters. The number of rotatable bonds is 5. The number of hydrogen-bond acceptors (Lipinski definition) is 4. The highest BCUT2D eigenvalue weighted by molar-refractivity contribution is 5.75. The molecule has 0 radical (unpaired) electrons. The SMILES string of the molecule is CCCC1CC(NC(C)C(=O)OC)CCO1. The van der Waals surface area contributed by atoms with Crippen LogP contribution in [0, 0.1) is 0 Å². The van der Waals surface area contributed by atoms with Crippen molar-refractivity contribution >= 4 is 5.97 Å². The maximum atomic E-state index is 11.3. The van der Waals surface area contributed by atoms with Gasteiger partial charge in [0.15, 0.2) is 0 Å². The van der Waals surface area contributed by atoms with E-state index < -0.39 is 0 Å². The summed E-state index contributed by atoms with van der Waals surface area (Å²) in [4.78, 5) is 11.3. The van der Waals surface area contributed by atoms with Crippen LogP contribution in [0.3, 0.4) is 0 Å². The summed E-state index contributed by atoms with van der Waals surface area (Å²) in [5.74, 6) is -0.196. The third kappa shape index (κ3) is 4.10. The Morgan fingerprint density at radius 3 is 3.00 bits per heavy atom. The molecule has 0 aliphatic carbocycles. The van der Waals surface area contributed by atoms with Gasteiger partial charge in [0.1, 0.15) is 6.04 Å². The molecule has 1 saturated heterocycles. The normalized spacial score (nSPS) is 27.4. The Bertz CT molecular complexity index is 218. The first kappa shape index (κ1) is 13.5. The van der Waals surface area contributed by atoms with Gasteiger partial charge in [0.2, 0.25) is 0 Å². The van der Waals surface area contributed by atoms with Gasteiger partial charge in [0, 0.05) is 12.6 Å². The molecule has 4 nitrogen and oxygen atoms in total. The summed E-state index contributed by atoms with van der Waals surface area (Å²) in [6.07, 6.45) is 4.56. The van der Waals surface area contributed by atoms with Crippen LogP contribution in [0.2, 0.25) is 0 Å². The van der Waals surface area contributed by atoms with Crippen LogP contribution in [-0.4, -0.2) is 37.9 Å². The van der Waals surface area contributed by atoms with Crippen LogP contribution in [-0.2, 0) is 14.3 Å². The van der Waals surface area contributed by atoms with Gasteiger partial charge in [-0.1, -0.05) is 13.3 Å². The average molecular weight is 229 g/mol. The minimum atomic E-state index is -0.227. The number of ether oxygens (including phenoxy) is 2. The fourth-order valence-electron chi connectivity index (χ4n) is 2.15. The van der Waals surface area contributed by atoms with Crippen molar-refractivity contribution in [2.45, 2.75) is 57.7 Å². The van der Waals surface area contributed by atoms with E-state index >= 15 is 0 Å². The lowest BCUT2D eigenvalue weighted by molar-refractivity contribution is -0.143. The Labute approximate surface area is 97.7 Å². The lowest BCUT2D eigenvalue weighted by atomic mass is 9.99. The van der Waals surface area contributed by atoms with Gasteiger partial charge in [-0.15, -0.1) is 0 Å². The van der Waals surface area contributed by atoms with Crippen LogP contribution >= 0.6 is 0 Å². The summed E-state index contributed by atoms with van der Waals surface area (Å²) in [5.41, 5.74) is 0. The zero-order valence-electron chi connectivity index (χ0n) is 10.5. The van der Waals surface area contributed by atoms with Gasteiger partial charge in [-0.3, -0.25) is 4.79 Å². The van der Waals surface area contributed by atoms with Crippen LogP contribution in [0.5, 0.6) is 0 Å². The fourth-order valence-corrected chi connectivity index (χ4v) is 2.15. The van der Waals surface area contributed by atoms with Crippen molar-refractivity contribution in [3.05, 3.63) is 0 Å². The minimum Gasteiger partial charge on any atom is -0.468 e. The van der Waals surface area contributed by atoms with E-state index in [-0.39, 0.29) is 12.0 Å². The number of nitrogens with one attached hydrogen (secondary N) is 1. The molecule has 1 fully saturated rings. The first-order chi connectivity index (χ1) is 7.67. The van der Waals surface area contributed by atoms with Gasteiger partial charge in [0.05, 0.1) is 13.2 Å². The van der Waals surface area contributed by atoms with E-state index in [4.69, 9.17) is 9.47 Å². The Hall–Kier alpha value is -0.610. The van der Waals surface area contributed by atoms with E-state index in [1.165, 1.54) is 7.11 Å². The average Bonchev–Trinajstić information content (AvgIpc) is 2.29. The smallest absolute Gasteiger partial charge is 0.322 e. The maximum Gasteiger partial charge on any atom is 0.322 e. The molecule has 16 heavy (non-hydrogen) atoms. The van der Waals surface area contributed by atoms with E-state index in [1.807, 2.05) is 6.92 Å². The molecule has 1 aliphatic rings. The summed E-state index contributed by atoms with van der Waals surface area (Å²) in [5, 5.41) is 3.30. The monoisotopic (exact) mass is 229 g/mol. The molecular weight excluding hydrogens is 206 g/mol. The quantitative estimate of drug-likeness (QED) is 0.725. The third-order valence-electron chi connectivity index (χ3n) is 3.02. The topological polar surface area (TPSA) is 47.6 Å². The van der Waals surface area contributed by atoms with E-state index in [0.717, 1.165) is 32.3 Å². The lowest BCUT2D eigenvalue weighted by Crippen LogP contribution is -2.46. The second-order valence-corrected chi connectivity index (χ2v) is 4.41. The molecular formula is C12H23NO3. The number of esters is 1. The molecule has 0 saturated carbocycles. The van der Waals surface area contributed by atoms with Gasteiger partial charge in [0.25, 0.3) is 0 Å². The highest BCUT2D eigenvalue weighted by Gasteiger charge is 2.25. The largest absolute Gasteiger partial charge is 0.468 e. The summed E-state index contributed by atoms with van der Waals surface area (Å²) >= 11 is 0. The maximum absolute atomic E-state index is 11.3. The van der Waals surface area contributed by atoms with E-state index in [2.05, 4.69) is 12.2 Å². The third-order valence-corrected chi connectivity index (χ3v) is 3.02. The van der Waals surface area contributed by atoms with Crippen molar-refractivity contribution in [3.8, 4) is 0 Å². The van der Waals surface area contributed by atoms with Gasteiger partial charge in [-0.25, -0.2) is 0 Å². The van der Waals surface area contributed by atoms with Crippen molar-refractivity contribution in [1.29, 1.82) is 0 Å². The molecule has 1 rings (SSSR count). The number of carbonyl (C=O) groups excluding carboxylic acids is 1. The molecule has 0 aromatic heterocycles. The van der Waals surface area contributed by atoms with Gasteiger partial charge >= 0.3 is 5.97 Å². The van der Waals surface area contributed by atoms with Crippen LogP contribution in [0.25, 0.3) is 0 Å². The Morgan fingerprint density at radius 1 is 1.62 bits per heavy atom. The summed E-state index contributed by atoms with van der Waals surface area (Å²) in [6.45, 7) is 4.80. The molecule has 0 aromatic rings. The Morgan fingerprint density at radius 2 is 2.38 bits per heavy atom. The lowest BCUT2D eigenvalue weighted by Gasteiger charge is -2.31. The molecule has 4 heteroatoms. The van der Waals surface area contributed by atoms with E-state index in [0.29, 0.717) is 12.1 Å².